The van der Waals surface area contributed by atoms with E-state index in [0.29, 0.717) is 5.92 Å². The summed E-state index contributed by atoms with van der Waals surface area (Å²) in [5.74, 6) is 2.39. The van der Waals surface area contributed by atoms with Crippen LogP contribution in [-0.4, -0.2) is 44.4 Å². The Morgan fingerprint density at radius 1 is 1.08 bits per heavy atom. The van der Waals surface area contributed by atoms with Crippen LogP contribution in [0.1, 0.15) is 5.82 Å². The molecule has 0 radical (unpaired) electrons. The molecule has 0 spiro atoms. The SMILES string of the molecule is Cc1nnc2ccc(N3CC(CNc4ccnc5ccccc45)C3)nn12. The maximum Gasteiger partial charge on any atom is 0.178 e. The maximum atomic E-state index is 4.64. The van der Waals surface area contributed by atoms with Gasteiger partial charge in [0.05, 0.1) is 5.52 Å². The van der Waals surface area contributed by atoms with Gasteiger partial charge in [-0.15, -0.1) is 15.3 Å². The van der Waals surface area contributed by atoms with E-state index in [-0.39, 0.29) is 0 Å². The number of anilines is 2. The maximum absolute atomic E-state index is 4.64. The molecular weight excluding hydrogens is 326 g/mol. The molecule has 4 heterocycles. The van der Waals surface area contributed by atoms with Crippen LogP contribution in [0.4, 0.5) is 11.5 Å². The molecule has 1 saturated heterocycles. The molecule has 0 bridgehead atoms. The van der Waals surface area contributed by atoms with Gasteiger partial charge in [0.1, 0.15) is 5.82 Å². The molecule has 1 N–H and O–H groups in total. The van der Waals surface area contributed by atoms with Crippen molar-refractivity contribution < 1.29 is 0 Å². The summed E-state index contributed by atoms with van der Waals surface area (Å²) < 4.78 is 1.80. The Morgan fingerprint density at radius 3 is 2.88 bits per heavy atom. The predicted octanol–water partition coefficient (Wildman–Crippen LogP) is 2.53. The first-order chi connectivity index (χ1) is 12.8. The third-order valence-corrected chi connectivity index (χ3v) is 4.92. The highest BCUT2D eigenvalue weighted by molar-refractivity contribution is 5.90. The molecule has 1 fully saturated rings. The third-order valence-electron chi connectivity index (χ3n) is 4.92. The first-order valence-electron chi connectivity index (χ1n) is 8.79. The zero-order valence-corrected chi connectivity index (χ0v) is 14.5. The number of hydrogen-bond acceptors (Lipinski definition) is 6. The van der Waals surface area contributed by atoms with Gasteiger partial charge in [-0.1, -0.05) is 18.2 Å². The third kappa shape index (κ3) is 2.52. The molecule has 1 aliphatic heterocycles. The van der Waals surface area contributed by atoms with Crippen molar-refractivity contribution in [1.29, 1.82) is 0 Å². The van der Waals surface area contributed by atoms with Crippen LogP contribution < -0.4 is 10.2 Å². The van der Waals surface area contributed by atoms with Crippen LogP contribution in [0.25, 0.3) is 16.6 Å². The number of hydrogen-bond donors (Lipinski definition) is 1. The van der Waals surface area contributed by atoms with E-state index in [4.69, 9.17) is 0 Å². The van der Waals surface area contributed by atoms with E-state index in [1.807, 2.05) is 43.5 Å². The number of nitrogens with one attached hydrogen (secondary N) is 1. The van der Waals surface area contributed by atoms with Gasteiger partial charge in [-0.2, -0.15) is 4.52 Å². The van der Waals surface area contributed by atoms with Crippen LogP contribution in [0.2, 0.25) is 0 Å². The molecule has 3 aromatic heterocycles. The number of nitrogens with zero attached hydrogens (tertiary/aromatic N) is 6. The van der Waals surface area contributed by atoms with Crippen LogP contribution in [0.5, 0.6) is 0 Å². The fraction of sp³-hybridized carbons (Fsp3) is 0.263. The highest BCUT2D eigenvalue weighted by Crippen LogP contribution is 2.25. The fourth-order valence-corrected chi connectivity index (χ4v) is 3.45. The van der Waals surface area contributed by atoms with Crippen LogP contribution in [0.15, 0.2) is 48.7 Å². The Balaban J connectivity index is 1.24. The largest absolute Gasteiger partial charge is 0.384 e. The van der Waals surface area contributed by atoms with Gasteiger partial charge in [-0.25, -0.2) is 0 Å². The number of fused-ring (bicyclic) bond motifs is 2. The highest BCUT2D eigenvalue weighted by Gasteiger charge is 2.28. The first-order valence-corrected chi connectivity index (χ1v) is 8.79. The number of aryl methyl sites for hydroxylation is 1. The quantitative estimate of drug-likeness (QED) is 0.613. The summed E-state index contributed by atoms with van der Waals surface area (Å²) in [4.78, 5) is 6.70. The molecule has 0 amide bonds. The number of benzene rings is 1. The van der Waals surface area contributed by atoms with E-state index in [9.17, 15) is 0 Å². The fourth-order valence-electron chi connectivity index (χ4n) is 3.45. The van der Waals surface area contributed by atoms with Crippen molar-refractivity contribution in [3.63, 3.8) is 0 Å². The summed E-state index contributed by atoms with van der Waals surface area (Å²) in [6, 6.07) is 14.3. The summed E-state index contributed by atoms with van der Waals surface area (Å²) in [5, 5.41) is 17.5. The highest BCUT2D eigenvalue weighted by atomic mass is 15.4. The summed E-state index contributed by atoms with van der Waals surface area (Å²) in [5.41, 5.74) is 2.96. The van der Waals surface area contributed by atoms with Gasteiger partial charge >= 0.3 is 0 Å². The van der Waals surface area contributed by atoms with Crippen molar-refractivity contribution in [3.05, 3.63) is 54.5 Å². The van der Waals surface area contributed by atoms with Gasteiger partial charge in [0.15, 0.2) is 11.5 Å². The lowest BCUT2D eigenvalue weighted by Gasteiger charge is -2.40. The number of aromatic nitrogens is 5. The lowest BCUT2D eigenvalue weighted by Crippen LogP contribution is -2.50. The second kappa shape index (κ2) is 5.94. The molecule has 7 nitrogen and oxygen atoms in total. The van der Waals surface area contributed by atoms with E-state index in [1.54, 1.807) is 4.52 Å². The van der Waals surface area contributed by atoms with Crippen molar-refractivity contribution >= 4 is 28.1 Å². The van der Waals surface area contributed by atoms with Crippen molar-refractivity contribution in [3.8, 4) is 0 Å². The van der Waals surface area contributed by atoms with Gasteiger partial charge in [0, 0.05) is 42.8 Å². The molecule has 0 aliphatic carbocycles. The van der Waals surface area contributed by atoms with Gasteiger partial charge in [-0.05, 0) is 31.2 Å². The van der Waals surface area contributed by atoms with Gasteiger partial charge < -0.3 is 10.2 Å². The Bertz CT molecular complexity index is 1080. The average Bonchev–Trinajstić information content (AvgIpc) is 3.01. The van der Waals surface area contributed by atoms with E-state index in [2.05, 4.69) is 42.6 Å². The second-order valence-electron chi connectivity index (χ2n) is 6.74. The van der Waals surface area contributed by atoms with Crippen LogP contribution in [0.3, 0.4) is 0 Å². The van der Waals surface area contributed by atoms with Gasteiger partial charge in [0.2, 0.25) is 0 Å². The summed E-state index contributed by atoms with van der Waals surface area (Å²) in [6.45, 7) is 4.85. The first kappa shape index (κ1) is 15.1. The van der Waals surface area contributed by atoms with Crippen LogP contribution >= 0.6 is 0 Å². The zero-order valence-electron chi connectivity index (χ0n) is 14.5. The Kier molecular flexibility index (Phi) is 3.44. The molecule has 26 heavy (non-hydrogen) atoms. The Labute approximate surface area is 150 Å². The topological polar surface area (TPSA) is 71.2 Å². The number of para-hydroxylation sites is 1. The summed E-state index contributed by atoms with van der Waals surface area (Å²) in [7, 11) is 0. The standard InChI is InChI=1S/C19H19N7/c1-13-22-23-18-6-7-19(24-26(13)18)25-11-14(12-25)10-21-17-8-9-20-16-5-3-2-4-15(16)17/h2-9,14H,10-12H2,1H3,(H,20,21). The van der Waals surface area contributed by atoms with Crippen molar-refractivity contribution in [2.75, 3.05) is 29.9 Å². The molecule has 130 valence electrons. The monoisotopic (exact) mass is 345 g/mol. The lowest BCUT2D eigenvalue weighted by molar-refractivity contribution is 0.425. The summed E-state index contributed by atoms with van der Waals surface area (Å²) >= 11 is 0. The molecule has 4 aromatic rings. The Morgan fingerprint density at radius 2 is 1.96 bits per heavy atom. The molecule has 5 rings (SSSR count). The van der Waals surface area contributed by atoms with E-state index in [0.717, 1.165) is 48.1 Å². The van der Waals surface area contributed by atoms with Gasteiger partial charge in [-0.3, -0.25) is 4.98 Å². The predicted molar refractivity (Wildman–Crippen MR) is 101 cm³/mol. The molecule has 0 atom stereocenters. The summed E-state index contributed by atoms with van der Waals surface area (Å²) in [6.07, 6.45) is 1.86. The number of pyridine rings is 1. The minimum atomic E-state index is 0.599. The minimum Gasteiger partial charge on any atom is -0.384 e. The number of rotatable bonds is 4. The van der Waals surface area contributed by atoms with Gasteiger partial charge in [0.25, 0.3) is 0 Å². The smallest absolute Gasteiger partial charge is 0.178 e. The van der Waals surface area contributed by atoms with Crippen molar-refractivity contribution in [2.24, 2.45) is 5.92 Å². The Hall–Kier alpha value is -3.22. The molecule has 0 unspecified atom stereocenters. The molecule has 1 aliphatic rings. The van der Waals surface area contributed by atoms with Crippen LogP contribution in [0, 0.1) is 12.8 Å². The zero-order chi connectivity index (χ0) is 17.5. The molecule has 1 aromatic carbocycles. The van der Waals surface area contributed by atoms with Crippen molar-refractivity contribution in [2.45, 2.75) is 6.92 Å². The molecule has 7 heteroatoms. The van der Waals surface area contributed by atoms with E-state index < -0.39 is 0 Å². The van der Waals surface area contributed by atoms with Crippen molar-refractivity contribution in [1.82, 2.24) is 24.8 Å². The molecule has 0 saturated carbocycles. The minimum absolute atomic E-state index is 0.599. The normalized spacial score (nSPS) is 14.7. The van der Waals surface area contributed by atoms with Crippen LogP contribution in [-0.2, 0) is 0 Å². The lowest BCUT2D eigenvalue weighted by atomic mass is 10.00. The average molecular weight is 345 g/mol. The second-order valence-corrected chi connectivity index (χ2v) is 6.74. The van der Waals surface area contributed by atoms with E-state index >= 15 is 0 Å². The molecular formula is C19H19N7. The van der Waals surface area contributed by atoms with E-state index in [1.165, 1.54) is 5.39 Å².